The van der Waals surface area contributed by atoms with Crippen molar-refractivity contribution in [3.8, 4) is 0 Å². The Morgan fingerprint density at radius 3 is 2.56 bits per heavy atom. The summed E-state index contributed by atoms with van der Waals surface area (Å²) in [5.41, 5.74) is 3.90. The lowest BCUT2D eigenvalue weighted by Gasteiger charge is -2.31. The van der Waals surface area contributed by atoms with E-state index in [1.807, 2.05) is 43.5 Å². The van der Waals surface area contributed by atoms with E-state index in [-0.39, 0.29) is 5.56 Å². The van der Waals surface area contributed by atoms with Crippen molar-refractivity contribution < 1.29 is 9.63 Å². The van der Waals surface area contributed by atoms with E-state index < -0.39 is 0 Å². The van der Waals surface area contributed by atoms with Gasteiger partial charge in [0, 0.05) is 43.6 Å². The average molecular weight is 441 g/mol. The van der Waals surface area contributed by atoms with Gasteiger partial charge in [-0.25, -0.2) is 4.98 Å². The minimum absolute atomic E-state index is 0.173. The number of nitrogens with zero attached hydrogens (tertiary/aromatic N) is 4. The van der Waals surface area contributed by atoms with Crippen molar-refractivity contribution in [2.24, 2.45) is 0 Å². The topological polar surface area (TPSA) is 84.4 Å². The molecule has 32 heavy (non-hydrogen) atoms. The lowest BCUT2D eigenvalue weighted by atomic mass is 9.91. The van der Waals surface area contributed by atoms with Crippen LogP contribution in [0.4, 0.5) is 0 Å². The first kappa shape index (κ1) is 24.1. The number of piperidine rings is 1. The molecule has 0 amide bonds. The predicted octanol–water partition coefficient (Wildman–Crippen LogP) is 4.04. The number of likely N-dealkylation sites (tertiary alicyclic amines) is 1. The van der Waals surface area contributed by atoms with Crippen LogP contribution in [-0.4, -0.2) is 44.9 Å². The van der Waals surface area contributed by atoms with Crippen LogP contribution in [0.1, 0.15) is 68.2 Å². The molecular weight excluding hydrogens is 404 g/mol. The molecule has 5 rings (SSSR count). The predicted molar refractivity (Wildman–Crippen MR) is 127 cm³/mol. The van der Waals surface area contributed by atoms with E-state index in [1.165, 1.54) is 0 Å². The largest absolute Gasteiger partial charge is 0.400 e. The second kappa shape index (κ2) is 11.4. The normalized spacial score (nSPS) is 16.5. The van der Waals surface area contributed by atoms with Gasteiger partial charge < -0.3 is 9.63 Å². The molecule has 2 aromatic heterocycles. The maximum Gasteiger partial charge on any atom is 0.258 e. The van der Waals surface area contributed by atoms with E-state index in [1.54, 1.807) is 0 Å². The fourth-order valence-corrected chi connectivity index (χ4v) is 4.70. The van der Waals surface area contributed by atoms with Crippen molar-refractivity contribution in [3.05, 3.63) is 57.4 Å². The van der Waals surface area contributed by atoms with Crippen LogP contribution in [0.15, 0.2) is 33.6 Å². The van der Waals surface area contributed by atoms with Crippen molar-refractivity contribution >= 4 is 11.0 Å². The van der Waals surface area contributed by atoms with E-state index in [0.717, 1.165) is 92.6 Å². The highest BCUT2D eigenvalue weighted by Crippen LogP contribution is 2.32. The van der Waals surface area contributed by atoms with Crippen molar-refractivity contribution in [2.75, 3.05) is 20.2 Å². The molecule has 7 nitrogen and oxygen atoms in total. The van der Waals surface area contributed by atoms with Gasteiger partial charge in [0.15, 0.2) is 5.58 Å². The Balaban J connectivity index is 0.000000686. The summed E-state index contributed by atoms with van der Waals surface area (Å²) in [6.07, 6.45) is 5.21. The first-order valence-electron chi connectivity index (χ1n) is 11.8. The van der Waals surface area contributed by atoms with Crippen LogP contribution in [0.5, 0.6) is 0 Å². The second-order valence-electron chi connectivity index (χ2n) is 8.12. The Morgan fingerprint density at radius 2 is 1.81 bits per heavy atom. The van der Waals surface area contributed by atoms with Crippen molar-refractivity contribution in [2.45, 2.75) is 71.9 Å². The molecule has 1 aromatic carbocycles. The van der Waals surface area contributed by atoms with Gasteiger partial charge in [-0.1, -0.05) is 31.1 Å². The Morgan fingerprint density at radius 1 is 1.09 bits per heavy atom. The standard InChI is InChI=1S/C22H26N4O2.C2H6.CH4O/c1-15-18(22(27)26-11-5-4-8-20(26)23-15)14-25-12-9-16(10-13-25)21-17-6-2-3-7-19(17)28-24-21;2*1-2/h2-3,6-7,16H,4-5,8-14H2,1H3;1-2H3;2H,1H3. The lowest BCUT2D eigenvalue weighted by molar-refractivity contribution is 0.200. The Hall–Kier alpha value is -2.51. The SMILES string of the molecule is CC.CO.Cc1nc2n(c(=O)c1CN1CCC(c3noc4ccccc34)CC1)CCCC2. The molecule has 4 heterocycles. The van der Waals surface area contributed by atoms with Gasteiger partial charge in [-0.2, -0.15) is 0 Å². The zero-order valence-corrected chi connectivity index (χ0v) is 19.8. The molecule has 1 N–H and O–H groups in total. The molecule has 0 aliphatic carbocycles. The van der Waals surface area contributed by atoms with Gasteiger partial charge in [-0.05, 0) is 57.8 Å². The summed E-state index contributed by atoms with van der Waals surface area (Å²) in [5, 5.41) is 12.5. The van der Waals surface area contributed by atoms with Gasteiger partial charge >= 0.3 is 0 Å². The van der Waals surface area contributed by atoms with E-state index in [0.29, 0.717) is 12.5 Å². The van der Waals surface area contributed by atoms with Gasteiger partial charge in [0.2, 0.25) is 0 Å². The number of para-hydroxylation sites is 1. The molecule has 0 unspecified atom stereocenters. The van der Waals surface area contributed by atoms with Crippen LogP contribution in [0, 0.1) is 6.92 Å². The molecule has 3 aromatic rings. The summed E-state index contributed by atoms with van der Waals surface area (Å²) in [7, 11) is 1.00. The molecule has 0 radical (unpaired) electrons. The molecule has 1 fully saturated rings. The highest BCUT2D eigenvalue weighted by atomic mass is 16.5. The third-order valence-electron chi connectivity index (χ3n) is 6.34. The fourth-order valence-electron chi connectivity index (χ4n) is 4.70. The third-order valence-corrected chi connectivity index (χ3v) is 6.34. The number of fused-ring (bicyclic) bond motifs is 2. The number of benzene rings is 1. The maximum absolute atomic E-state index is 13.0. The quantitative estimate of drug-likeness (QED) is 0.662. The van der Waals surface area contributed by atoms with Gasteiger partial charge in [-0.3, -0.25) is 14.3 Å². The lowest BCUT2D eigenvalue weighted by Crippen LogP contribution is -2.38. The van der Waals surface area contributed by atoms with Gasteiger partial charge in [0.1, 0.15) is 5.82 Å². The minimum atomic E-state index is 0.173. The van der Waals surface area contributed by atoms with E-state index >= 15 is 0 Å². The van der Waals surface area contributed by atoms with Crippen LogP contribution >= 0.6 is 0 Å². The summed E-state index contributed by atoms with van der Waals surface area (Å²) in [6.45, 7) is 9.43. The summed E-state index contributed by atoms with van der Waals surface area (Å²) in [4.78, 5) is 20.1. The number of aromatic nitrogens is 3. The molecule has 0 spiro atoms. The summed E-state index contributed by atoms with van der Waals surface area (Å²) >= 11 is 0. The first-order valence-corrected chi connectivity index (χ1v) is 11.8. The van der Waals surface area contributed by atoms with Crippen LogP contribution in [-0.2, 0) is 19.5 Å². The number of hydrogen-bond donors (Lipinski definition) is 1. The van der Waals surface area contributed by atoms with Crippen molar-refractivity contribution in [1.82, 2.24) is 19.6 Å². The monoisotopic (exact) mass is 440 g/mol. The summed E-state index contributed by atoms with van der Waals surface area (Å²) in [5.74, 6) is 1.39. The molecule has 0 saturated carbocycles. The van der Waals surface area contributed by atoms with Crippen molar-refractivity contribution in [3.63, 3.8) is 0 Å². The zero-order chi connectivity index (χ0) is 23.1. The average Bonchev–Trinajstić information content (AvgIpc) is 3.29. The number of aryl methyl sites for hydroxylation is 2. The second-order valence-corrected chi connectivity index (χ2v) is 8.12. The number of aliphatic hydroxyl groups excluding tert-OH is 1. The highest BCUT2D eigenvalue weighted by Gasteiger charge is 2.26. The number of aliphatic hydroxyl groups is 1. The highest BCUT2D eigenvalue weighted by molar-refractivity contribution is 5.79. The summed E-state index contributed by atoms with van der Waals surface area (Å²) < 4.78 is 7.40. The van der Waals surface area contributed by atoms with Crippen LogP contribution < -0.4 is 5.56 Å². The maximum atomic E-state index is 13.0. The van der Waals surface area contributed by atoms with Crippen LogP contribution in [0.2, 0.25) is 0 Å². The van der Waals surface area contributed by atoms with Gasteiger partial charge in [-0.15, -0.1) is 0 Å². The molecule has 2 aliphatic rings. The van der Waals surface area contributed by atoms with Crippen LogP contribution in [0.3, 0.4) is 0 Å². The Bertz CT molecular complexity index is 1060. The van der Waals surface area contributed by atoms with E-state index in [2.05, 4.69) is 16.1 Å². The van der Waals surface area contributed by atoms with E-state index in [9.17, 15) is 4.79 Å². The molecule has 174 valence electrons. The number of hydrogen-bond acceptors (Lipinski definition) is 6. The minimum Gasteiger partial charge on any atom is -0.400 e. The molecule has 1 saturated heterocycles. The molecular formula is C25H36N4O3. The van der Waals surface area contributed by atoms with E-state index in [4.69, 9.17) is 14.6 Å². The van der Waals surface area contributed by atoms with Crippen LogP contribution in [0.25, 0.3) is 11.0 Å². The summed E-state index contributed by atoms with van der Waals surface area (Å²) in [6, 6.07) is 8.09. The fraction of sp³-hybridized carbons (Fsp3) is 0.560. The zero-order valence-electron chi connectivity index (χ0n) is 19.8. The smallest absolute Gasteiger partial charge is 0.258 e. The molecule has 0 atom stereocenters. The third kappa shape index (κ3) is 4.94. The number of rotatable bonds is 3. The Kier molecular flexibility index (Phi) is 8.59. The first-order chi connectivity index (χ1) is 15.7. The molecule has 0 bridgehead atoms. The molecule has 7 heteroatoms. The van der Waals surface area contributed by atoms with Crippen molar-refractivity contribution in [1.29, 1.82) is 0 Å². The molecule has 2 aliphatic heterocycles. The van der Waals surface area contributed by atoms with Gasteiger partial charge in [0.25, 0.3) is 5.56 Å². The Labute approximate surface area is 190 Å². The van der Waals surface area contributed by atoms with Gasteiger partial charge in [0.05, 0.1) is 11.3 Å².